The minimum atomic E-state index is 0.232. The third kappa shape index (κ3) is 3.99. The Labute approximate surface area is 113 Å². The Morgan fingerprint density at radius 1 is 1.56 bits per heavy atom. The fraction of sp³-hybridized carbons (Fsp3) is 0.615. The van der Waals surface area contributed by atoms with Crippen molar-refractivity contribution in [1.82, 2.24) is 5.32 Å². The molecule has 0 aliphatic rings. The summed E-state index contributed by atoms with van der Waals surface area (Å²) < 4.78 is 0. The Morgan fingerprint density at radius 2 is 2.22 bits per heavy atom. The number of nitrogens with one attached hydrogen (secondary N) is 1. The smallest absolute Gasteiger partial charge is 0.140 e. The predicted molar refractivity (Wildman–Crippen MR) is 77.4 cm³/mol. The Kier molecular flexibility index (Phi) is 5.62. The minimum Gasteiger partial charge on any atom is -0.409 e. The lowest BCUT2D eigenvalue weighted by Crippen LogP contribution is -2.35. The Balaban J connectivity index is 2.67. The van der Waals surface area contributed by atoms with E-state index in [4.69, 9.17) is 10.9 Å². The molecule has 18 heavy (non-hydrogen) atoms. The summed E-state index contributed by atoms with van der Waals surface area (Å²) in [6.45, 7) is 8.53. The minimum absolute atomic E-state index is 0.232. The van der Waals surface area contributed by atoms with E-state index in [0.29, 0.717) is 6.42 Å². The van der Waals surface area contributed by atoms with Crippen LogP contribution in [0.3, 0.4) is 0 Å². The number of nitrogens with two attached hydrogens (primary N) is 1. The fourth-order valence-electron chi connectivity index (χ4n) is 2.14. The average molecular weight is 269 g/mol. The van der Waals surface area contributed by atoms with Gasteiger partial charge in [0.05, 0.1) is 0 Å². The zero-order chi connectivity index (χ0) is 13.7. The van der Waals surface area contributed by atoms with Gasteiger partial charge in [0.2, 0.25) is 0 Å². The molecule has 0 fully saturated rings. The molecule has 0 amide bonds. The molecule has 0 bridgehead atoms. The number of thiophene rings is 1. The molecule has 2 atom stereocenters. The van der Waals surface area contributed by atoms with Crippen LogP contribution in [0.1, 0.15) is 48.0 Å². The summed E-state index contributed by atoms with van der Waals surface area (Å²) in [6, 6.07) is 2.75. The van der Waals surface area contributed by atoms with Crippen molar-refractivity contribution in [2.24, 2.45) is 10.9 Å². The number of oxime groups is 1. The highest BCUT2D eigenvalue weighted by Crippen LogP contribution is 2.26. The molecule has 0 aromatic carbocycles. The quantitative estimate of drug-likeness (QED) is 0.322. The molecular formula is C13H23N3OS. The summed E-state index contributed by atoms with van der Waals surface area (Å²) >= 11 is 1.82. The van der Waals surface area contributed by atoms with Crippen molar-refractivity contribution in [2.45, 2.75) is 52.6 Å². The van der Waals surface area contributed by atoms with Crippen molar-refractivity contribution < 1.29 is 5.21 Å². The lowest BCUT2D eigenvalue weighted by atomic mass is 10.1. The first kappa shape index (κ1) is 15.0. The molecule has 0 aliphatic carbocycles. The van der Waals surface area contributed by atoms with Gasteiger partial charge in [0, 0.05) is 28.3 Å². The molecule has 2 unspecified atom stereocenters. The van der Waals surface area contributed by atoms with Crippen LogP contribution in [0.25, 0.3) is 0 Å². The van der Waals surface area contributed by atoms with Crippen LogP contribution in [0.4, 0.5) is 0 Å². The van der Waals surface area contributed by atoms with Crippen molar-refractivity contribution in [2.75, 3.05) is 0 Å². The zero-order valence-electron chi connectivity index (χ0n) is 11.5. The van der Waals surface area contributed by atoms with E-state index >= 15 is 0 Å². The number of rotatable bonds is 6. The van der Waals surface area contributed by atoms with E-state index in [1.807, 2.05) is 11.3 Å². The van der Waals surface area contributed by atoms with Crippen LogP contribution in [0, 0.1) is 13.8 Å². The van der Waals surface area contributed by atoms with Gasteiger partial charge in [-0.1, -0.05) is 12.1 Å². The molecule has 1 heterocycles. The van der Waals surface area contributed by atoms with Gasteiger partial charge >= 0.3 is 0 Å². The van der Waals surface area contributed by atoms with Crippen LogP contribution in [0.2, 0.25) is 0 Å². The average Bonchev–Trinajstić information content (AvgIpc) is 2.67. The van der Waals surface area contributed by atoms with Gasteiger partial charge in [0.1, 0.15) is 5.84 Å². The molecule has 5 heteroatoms. The Hall–Kier alpha value is -1.07. The van der Waals surface area contributed by atoms with Crippen LogP contribution < -0.4 is 11.1 Å². The third-order valence-electron chi connectivity index (χ3n) is 3.11. The van der Waals surface area contributed by atoms with Crippen LogP contribution in [-0.4, -0.2) is 17.1 Å². The number of hydrogen-bond acceptors (Lipinski definition) is 4. The first-order chi connectivity index (χ1) is 8.47. The lowest BCUT2D eigenvalue weighted by molar-refractivity contribution is 0.315. The highest BCUT2D eigenvalue weighted by atomic mass is 32.1. The highest BCUT2D eigenvalue weighted by Gasteiger charge is 2.16. The van der Waals surface area contributed by atoms with Crippen LogP contribution in [0.5, 0.6) is 0 Å². The molecular weight excluding hydrogens is 246 g/mol. The molecule has 0 radical (unpaired) electrons. The number of amidine groups is 1. The number of hydrogen-bond donors (Lipinski definition) is 3. The molecule has 0 saturated carbocycles. The van der Waals surface area contributed by atoms with Gasteiger partial charge in [-0.15, -0.1) is 11.3 Å². The molecule has 1 aromatic heterocycles. The second-order valence-corrected chi connectivity index (χ2v) is 6.12. The molecule has 1 aromatic rings. The summed E-state index contributed by atoms with van der Waals surface area (Å²) in [5.41, 5.74) is 6.90. The zero-order valence-corrected chi connectivity index (χ0v) is 12.3. The summed E-state index contributed by atoms with van der Waals surface area (Å²) in [7, 11) is 0. The van der Waals surface area contributed by atoms with Crippen molar-refractivity contribution in [3.05, 3.63) is 21.4 Å². The Morgan fingerprint density at radius 3 is 2.67 bits per heavy atom. The number of aryl methyl sites for hydroxylation is 2. The Bertz CT molecular complexity index is 414. The first-order valence-electron chi connectivity index (χ1n) is 6.27. The normalized spacial score (nSPS) is 15.7. The van der Waals surface area contributed by atoms with E-state index < -0.39 is 0 Å². The van der Waals surface area contributed by atoms with Gasteiger partial charge in [-0.25, -0.2) is 0 Å². The maximum atomic E-state index is 8.61. The van der Waals surface area contributed by atoms with Gasteiger partial charge in [-0.3, -0.25) is 0 Å². The standard InChI is InChI=1S/C13H23N3OS/c1-5-11(7-13(14)16-17)15-9(3)12-6-8(2)18-10(12)4/h6,9,11,15,17H,5,7H2,1-4H3,(H2,14,16). The molecule has 0 spiro atoms. The van der Waals surface area contributed by atoms with E-state index in [-0.39, 0.29) is 17.9 Å². The van der Waals surface area contributed by atoms with Crippen molar-refractivity contribution in [3.63, 3.8) is 0 Å². The van der Waals surface area contributed by atoms with E-state index in [1.165, 1.54) is 15.3 Å². The molecule has 0 saturated heterocycles. The second-order valence-electron chi connectivity index (χ2n) is 4.66. The first-order valence-corrected chi connectivity index (χ1v) is 7.08. The molecule has 0 aliphatic heterocycles. The SMILES string of the molecule is CCC(CC(N)=NO)NC(C)c1cc(C)sc1C. The monoisotopic (exact) mass is 269 g/mol. The largest absolute Gasteiger partial charge is 0.409 e. The van der Waals surface area contributed by atoms with Crippen LogP contribution in [0.15, 0.2) is 11.2 Å². The maximum absolute atomic E-state index is 8.61. The van der Waals surface area contributed by atoms with Crippen molar-refractivity contribution in [3.8, 4) is 0 Å². The summed E-state index contributed by atoms with van der Waals surface area (Å²) in [6.07, 6.45) is 1.52. The van der Waals surface area contributed by atoms with Crippen molar-refractivity contribution in [1.29, 1.82) is 0 Å². The van der Waals surface area contributed by atoms with Crippen LogP contribution >= 0.6 is 11.3 Å². The fourth-order valence-corrected chi connectivity index (χ4v) is 3.16. The molecule has 4 nitrogen and oxygen atoms in total. The summed E-state index contributed by atoms with van der Waals surface area (Å²) in [5.74, 6) is 0.278. The van der Waals surface area contributed by atoms with Gasteiger partial charge in [0.15, 0.2) is 0 Å². The predicted octanol–water partition coefficient (Wildman–Crippen LogP) is 2.93. The second kappa shape index (κ2) is 6.75. The third-order valence-corrected chi connectivity index (χ3v) is 4.09. The van der Waals surface area contributed by atoms with Gasteiger partial charge < -0.3 is 16.3 Å². The topological polar surface area (TPSA) is 70.6 Å². The highest BCUT2D eigenvalue weighted by molar-refractivity contribution is 7.12. The molecule has 1 rings (SSSR count). The van der Waals surface area contributed by atoms with Crippen molar-refractivity contribution >= 4 is 17.2 Å². The molecule has 4 N–H and O–H groups in total. The van der Waals surface area contributed by atoms with E-state index in [9.17, 15) is 0 Å². The van der Waals surface area contributed by atoms with E-state index in [0.717, 1.165) is 6.42 Å². The van der Waals surface area contributed by atoms with Crippen LogP contribution in [-0.2, 0) is 0 Å². The molecule has 102 valence electrons. The van der Waals surface area contributed by atoms with Gasteiger partial charge in [-0.2, -0.15) is 0 Å². The summed E-state index contributed by atoms with van der Waals surface area (Å²) in [5, 5.41) is 15.2. The van der Waals surface area contributed by atoms with Gasteiger partial charge in [-0.05, 0) is 38.8 Å². The van der Waals surface area contributed by atoms with Gasteiger partial charge in [0.25, 0.3) is 0 Å². The van der Waals surface area contributed by atoms with E-state index in [1.54, 1.807) is 0 Å². The maximum Gasteiger partial charge on any atom is 0.140 e. The number of nitrogens with zero attached hydrogens (tertiary/aromatic N) is 1. The lowest BCUT2D eigenvalue weighted by Gasteiger charge is -2.22. The summed E-state index contributed by atoms with van der Waals surface area (Å²) in [4.78, 5) is 2.69. The van der Waals surface area contributed by atoms with E-state index in [2.05, 4.69) is 44.2 Å².